The van der Waals surface area contributed by atoms with Gasteiger partial charge in [0.1, 0.15) is 23.7 Å². The van der Waals surface area contributed by atoms with E-state index < -0.39 is 35.7 Å². The molecule has 0 aliphatic rings. The number of ether oxygens (including phenoxy) is 2. The minimum Gasteiger partial charge on any atom is -0.496 e. The summed E-state index contributed by atoms with van der Waals surface area (Å²) in [4.78, 5) is 38.7. The lowest BCUT2D eigenvalue weighted by molar-refractivity contribution is -0.142. The van der Waals surface area contributed by atoms with Gasteiger partial charge in [0.25, 0.3) is 5.91 Å². The van der Waals surface area contributed by atoms with Crippen LogP contribution in [0, 0.1) is 5.82 Å². The van der Waals surface area contributed by atoms with E-state index in [0.717, 1.165) is 0 Å². The van der Waals surface area contributed by atoms with Crippen molar-refractivity contribution in [1.29, 1.82) is 0 Å². The number of nitrogens with zero attached hydrogens (tertiary/aromatic N) is 1. The monoisotopic (exact) mass is 416 g/mol. The summed E-state index contributed by atoms with van der Waals surface area (Å²) in [6.07, 6.45) is 0. The van der Waals surface area contributed by atoms with Crippen molar-refractivity contribution < 1.29 is 28.2 Å². The molecule has 7 nitrogen and oxygen atoms in total. The topological polar surface area (TPSA) is 84.9 Å². The maximum Gasteiger partial charge on any atom is 0.342 e. The number of para-hydroxylation sites is 1. The number of benzene rings is 2. The van der Waals surface area contributed by atoms with Crippen molar-refractivity contribution in [1.82, 2.24) is 4.90 Å². The molecule has 0 heterocycles. The molecule has 0 atom stereocenters. The van der Waals surface area contributed by atoms with E-state index in [1.165, 1.54) is 42.3 Å². The van der Waals surface area contributed by atoms with Crippen LogP contribution in [0.15, 0.2) is 48.5 Å². The maximum atomic E-state index is 13.0. The standard InChI is InChI=1S/C22H25FN2O5/c1-22(2,3)25(13-19(26)24-16-11-9-15(23)10-12-16)20(27)14-30-21(28)17-7-5-6-8-18(17)29-4/h5-12H,13-14H2,1-4H3,(H,24,26). The second-order valence-electron chi connectivity index (χ2n) is 7.48. The number of carbonyl (C=O) groups excluding carboxylic acids is 3. The molecule has 0 spiro atoms. The molecule has 0 radical (unpaired) electrons. The first-order valence-electron chi connectivity index (χ1n) is 9.28. The van der Waals surface area contributed by atoms with Crippen molar-refractivity contribution in [3.05, 3.63) is 59.9 Å². The first kappa shape index (κ1) is 22.9. The molecule has 160 valence electrons. The molecule has 0 fully saturated rings. The largest absolute Gasteiger partial charge is 0.496 e. The lowest BCUT2D eigenvalue weighted by atomic mass is 10.1. The summed E-state index contributed by atoms with van der Waals surface area (Å²) in [7, 11) is 1.43. The molecule has 0 unspecified atom stereocenters. The van der Waals surface area contributed by atoms with Gasteiger partial charge >= 0.3 is 5.97 Å². The van der Waals surface area contributed by atoms with Crippen LogP contribution in [0.1, 0.15) is 31.1 Å². The van der Waals surface area contributed by atoms with Crippen molar-refractivity contribution in [3.63, 3.8) is 0 Å². The Morgan fingerprint density at radius 1 is 1.03 bits per heavy atom. The minimum absolute atomic E-state index is 0.198. The van der Waals surface area contributed by atoms with E-state index in [9.17, 15) is 18.8 Å². The van der Waals surface area contributed by atoms with Gasteiger partial charge in [-0.15, -0.1) is 0 Å². The van der Waals surface area contributed by atoms with Gasteiger partial charge in [-0.25, -0.2) is 9.18 Å². The number of carbonyl (C=O) groups is 3. The fraction of sp³-hybridized carbons (Fsp3) is 0.318. The Morgan fingerprint density at radius 3 is 2.27 bits per heavy atom. The Bertz CT molecular complexity index is 906. The summed E-state index contributed by atoms with van der Waals surface area (Å²) >= 11 is 0. The van der Waals surface area contributed by atoms with Crippen molar-refractivity contribution in [2.24, 2.45) is 0 Å². The highest BCUT2D eigenvalue weighted by molar-refractivity contribution is 5.96. The van der Waals surface area contributed by atoms with Crippen LogP contribution in [0.25, 0.3) is 0 Å². The summed E-state index contributed by atoms with van der Waals surface area (Å²) in [6.45, 7) is 4.50. The summed E-state index contributed by atoms with van der Waals surface area (Å²) in [5.41, 5.74) is -0.0943. The number of hydrogen-bond donors (Lipinski definition) is 1. The highest BCUT2D eigenvalue weighted by Crippen LogP contribution is 2.19. The van der Waals surface area contributed by atoms with Crippen LogP contribution in [0.5, 0.6) is 5.75 Å². The van der Waals surface area contributed by atoms with E-state index in [1.54, 1.807) is 39.0 Å². The van der Waals surface area contributed by atoms with Crippen LogP contribution in [-0.2, 0) is 14.3 Å². The summed E-state index contributed by atoms with van der Waals surface area (Å²) in [6, 6.07) is 11.8. The number of nitrogens with one attached hydrogen (secondary N) is 1. The van der Waals surface area contributed by atoms with E-state index >= 15 is 0 Å². The lowest BCUT2D eigenvalue weighted by Gasteiger charge is -2.35. The number of hydrogen-bond acceptors (Lipinski definition) is 5. The van der Waals surface area contributed by atoms with Gasteiger partial charge in [-0.05, 0) is 57.2 Å². The summed E-state index contributed by atoms with van der Waals surface area (Å²) < 4.78 is 23.3. The predicted molar refractivity (Wildman–Crippen MR) is 110 cm³/mol. The van der Waals surface area contributed by atoms with Crippen LogP contribution in [-0.4, -0.2) is 48.5 Å². The second kappa shape index (κ2) is 9.87. The molecule has 0 saturated carbocycles. The van der Waals surface area contributed by atoms with Crippen LogP contribution in [0.4, 0.5) is 10.1 Å². The van der Waals surface area contributed by atoms with Gasteiger partial charge in [-0.2, -0.15) is 0 Å². The molecular weight excluding hydrogens is 391 g/mol. The molecule has 2 rings (SSSR count). The Kier molecular flexibility index (Phi) is 7.52. The molecule has 8 heteroatoms. The normalized spacial score (nSPS) is 10.8. The quantitative estimate of drug-likeness (QED) is 0.701. The summed E-state index contributed by atoms with van der Waals surface area (Å²) in [5.74, 6) is -1.77. The predicted octanol–water partition coefficient (Wildman–Crippen LogP) is 3.26. The number of methoxy groups -OCH3 is 1. The van der Waals surface area contributed by atoms with Gasteiger partial charge in [0, 0.05) is 11.2 Å². The van der Waals surface area contributed by atoms with Gasteiger partial charge < -0.3 is 19.7 Å². The van der Waals surface area contributed by atoms with Crippen molar-refractivity contribution in [2.75, 3.05) is 25.6 Å². The minimum atomic E-state index is -0.703. The molecule has 2 aromatic rings. The van der Waals surface area contributed by atoms with E-state index in [4.69, 9.17) is 9.47 Å². The molecule has 0 bridgehead atoms. The molecule has 1 N–H and O–H groups in total. The molecule has 30 heavy (non-hydrogen) atoms. The van der Waals surface area contributed by atoms with Crippen molar-refractivity contribution in [2.45, 2.75) is 26.3 Å². The fourth-order valence-corrected chi connectivity index (χ4v) is 2.67. The molecule has 0 aliphatic heterocycles. The zero-order valence-electron chi connectivity index (χ0n) is 17.4. The number of halogens is 1. The Labute approximate surface area is 174 Å². The van der Waals surface area contributed by atoms with Gasteiger partial charge in [-0.3, -0.25) is 9.59 Å². The van der Waals surface area contributed by atoms with Gasteiger partial charge in [0.15, 0.2) is 6.61 Å². The number of rotatable bonds is 7. The van der Waals surface area contributed by atoms with Crippen LogP contribution < -0.4 is 10.1 Å². The third-order valence-corrected chi connectivity index (χ3v) is 4.19. The number of anilines is 1. The first-order valence-corrected chi connectivity index (χ1v) is 9.28. The zero-order chi connectivity index (χ0) is 22.3. The third kappa shape index (κ3) is 6.30. The average molecular weight is 416 g/mol. The van der Waals surface area contributed by atoms with E-state index in [0.29, 0.717) is 11.4 Å². The van der Waals surface area contributed by atoms with E-state index in [1.807, 2.05) is 0 Å². The van der Waals surface area contributed by atoms with Crippen LogP contribution in [0.2, 0.25) is 0 Å². The Morgan fingerprint density at radius 2 is 1.67 bits per heavy atom. The third-order valence-electron chi connectivity index (χ3n) is 4.19. The van der Waals surface area contributed by atoms with Gasteiger partial charge in [0.2, 0.25) is 5.91 Å². The maximum absolute atomic E-state index is 13.0. The summed E-state index contributed by atoms with van der Waals surface area (Å²) in [5, 5.41) is 2.61. The molecule has 0 aromatic heterocycles. The highest BCUT2D eigenvalue weighted by Gasteiger charge is 2.29. The molecular formula is C22H25FN2O5. The van der Waals surface area contributed by atoms with Gasteiger partial charge in [-0.1, -0.05) is 12.1 Å². The lowest BCUT2D eigenvalue weighted by Crippen LogP contribution is -2.50. The van der Waals surface area contributed by atoms with E-state index in [-0.39, 0.29) is 12.1 Å². The number of amides is 2. The first-order chi connectivity index (χ1) is 14.1. The second-order valence-corrected chi connectivity index (χ2v) is 7.48. The smallest absolute Gasteiger partial charge is 0.342 e. The fourth-order valence-electron chi connectivity index (χ4n) is 2.67. The van der Waals surface area contributed by atoms with Crippen LogP contribution >= 0.6 is 0 Å². The van der Waals surface area contributed by atoms with Crippen molar-refractivity contribution >= 4 is 23.5 Å². The highest BCUT2D eigenvalue weighted by atomic mass is 19.1. The SMILES string of the molecule is COc1ccccc1C(=O)OCC(=O)N(CC(=O)Nc1ccc(F)cc1)C(C)(C)C. The Balaban J connectivity index is 2.02. The van der Waals surface area contributed by atoms with Gasteiger partial charge in [0.05, 0.1) is 7.11 Å². The Hall–Kier alpha value is -3.42. The average Bonchev–Trinajstić information content (AvgIpc) is 2.70. The van der Waals surface area contributed by atoms with E-state index in [2.05, 4.69) is 5.32 Å². The number of esters is 1. The zero-order valence-corrected chi connectivity index (χ0v) is 17.4. The van der Waals surface area contributed by atoms with Crippen LogP contribution in [0.3, 0.4) is 0 Å². The molecule has 0 aliphatic carbocycles. The molecule has 2 aromatic carbocycles. The molecule has 0 saturated heterocycles. The van der Waals surface area contributed by atoms with Crippen molar-refractivity contribution in [3.8, 4) is 5.75 Å². The molecule has 2 amide bonds.